The second-order valence-electron chi connectivity index (χ2n) is 5.16. The Hall–Kier alpha value is -1.54. The van der Waals surface area contributed by atoms with Crippen molar-refractivity contribution in [2.75, 3.05) is 0 Å². The molecular formula is C18H19BrO. The van der Waals surface area contributed by atoms with E-state index in [1.54, 1.807) is 0 Å². The molecule has 0 aromatic heterocycles. The Morgan fingerprint density at radius 1 is 1.15 bits per heavy atom. The van der Waals surface area contributed by atoms with Gasteiger partial charge in [0.1, 0.15) is 5.75 Å². The summed E-state index contributed by atoms with van der Waals surface area (Å²) in [5.41, 5.74) is 4.35. The normalized spacial score (nSPS) is 10.7. The first-order valence-electron chi connectivity index (χ1n) is 6.70. The number of hydrogen-bond acceptors (Lipinski definition) is 1. The SMILES string of the molecule is C=C(c1cccc(C)c1)c1cc(Br)ccc1OC(C)C. The number of halogens is 1. The van der Waals surface area contributed by atoms with Gasteiger partial charge in [-0.05, 0) is 50.1 Å². The Balaban J connectivity index is 2.45. The number of hydrogen-bond donors (Lipinski definition) is 0. The van der Waals surface area contributed by atoms with Gasteiger partial charge in [-0.3, -0.25) is 0 Å². The Labute approximate surface area is 129 Å². The van der Waals surface area contributed by atoms with E-state index in [1.165, 1.54) is 5.56 Å². The van der Waals surface area contributed by atoms with Gasteiger partial charge in [0.05, 0.1) is 6.10 Å². The van der Waals surface area contributed by atoms with Gasteiger partial charge >= 0.3 is 0 Å². The van der Waals surface area contributed by atoms with Gasteiger partial charge in [0.2, 0.25) is 0 Å². The third kappa shape index (κ3) is 3.51. The fraction of sp³-hybridized carbons (Fsp3) is 0.222. The molecule has 0 saturated heterocycles. The van der Waals surface area contributed by atoms with Crippen LogP contribution in [0.25, 0.3) is 5.57 Å². The molecule has 2 heteroatoms. The minimum atomic E-state index is 0.139. The first-order valence-corrected chi connectivity index (χ1v) is 7.49. The zero-order valence-electron chi connectivity index (χ0n) is 12.1. The Morgan fingerprint density at radius 2 is 1.90 bits per heavy atom. The van der Waals surface area contributed by atoms with E-state index in [4.69, 9.17) is 4.74 Å². The largest absolute Gasteiger partial charge is 0.490 e. The third-order valence-corrected chi connectivity index (χ3v) is 3.49. The fourth-order valence-electron chi connectivity index (χ4n) is 2.08. The van der Waals surface area contributed by atoms with Crippen LogP contribution in [0.4, 0.5) is 0 Å². The second kappa shape index (κ2) is 6.27. The highest BCUT2D eigenvalue weighted by molar-refractivity contribution is 9.10. The van der Waals surface area contributed by atoms with Crippen molar-refractivity contribution in [1.82, 2.24) is 0 Å². The first-order chi connectivity index (χ1) is 9.47. The fourth-order valence-corrected chi connectivity index (χ4v) is 2.44. The van der Waals surface area contributed by atoms with Crippen LogP contribution in [0.2, 0.25) is 0 Å². The summed E-state index contributed by atoms with van der Waals surface area (Å²) in [4.78, 5) is 0. The standard InChI is InChI=1S/C18H19BrO/c1-12(2)20-18-9-8-16(19)11-17(18)14(4)15-7-5-6-13(3)10-15/h5-12H,4H2,1-3H3. The molecule has 0 spiro atoms. The number of ether oxygens (including phenoxy) is 1. The molecule has 0 aliphatic rings. The molecule has 0 radical (unpaired) electrons. The number of aryl methyl sites for hydroxylation is 1. The van der Waals surface area contributed by atoms with Crippen molar-refractivity contribution in [3.05, 3.63) is 70.2 Å². The summed E-state index contributed by atoms with van der Waals surface area (Å²) in [6.45, 7) is 10.4. The van der Waals surface area contributed by atoms with E-state index in [9.17, 15) is 0 Å². The van der Waals surface area contributed by atoms with Gasteiger partial charge in [-0.15, -0.1) is 0 Å². The molecule has 0 N–H and O–H groups in total. The zero-order valence-corrected chi connectivity index (χ0v) is 13.7. The van der Waals surface area contributed by atoms with Crippen molar-refractivity contribution in [1.29, 1.82) is 0 Å². The minimum Gasteiger partial charge on any atom is -0.490 e. The van der Waals surface area contributed by atoms with E-state index in [2.05, 4.69) is 59.8 Å². The van der Waals surface area contributed by atoms with Gasteiger partial charge < -0.3 is 4.74 Å². The van der Waals surface area contributed by atoms with E-state index >= 15 is 0 Å². The predicted octanol–water partition coefficient (Wildman–Crippen LogP) is 5.61. The molecule has 104 valence electrons. The van der Waals surface area contributed by atoms with Crippen LogP contribution in [0.15, 0.2) is 53.5 Å². The number of rotatable bonds is 4. The van der Waals surface area contributed by atoms with Crippen LogP contribution >= 0.6 is 15.9 Å². The van der Waals surface area contributed by atoms with Crippen LogP contribution < -0.4 is 4.74 Å². The van der Waals surface area contributed by atoms with Crippen molar-refractivity contribution in [2.24, 2.45) is 0 Å². The molecule has 0 aliphatic carbocycles. The maximum absolute atomic E-state index is 5.89. The average molecular weight is 331 g/mol. The summed E-state index contributed by atoms with van der Waals surface area (Å²) in [6, 6.07) is 14.4. The van der Waals surface area contributed by atoms with Crippen LogP contribution in [0.3, 0.4) is 0 Å². The zero-order chi connectivity index (χ0) is 14.7. The molecule has 0 unspecified atom stereocenters. The molecular weight excluding hydrogens is 312 g/mol. The summed E-state index contributed by atoms with van der Waals surface area (Å²) >= 11 is 3.52. The lowest BCUT2D eigenvalue weighted by atomic mass is 9.97. The van der Waals surface area contributed by atoms with Crippen molar-refractivity contribution in [2.45, 2.75) is 26.9 Å². The molecule has 1 nitrogen and oxygen atoms in total. The van der Waals surface area contributed by atoms with E-state index in [0.717, 1.165) is 26.9 Å². The maximum atomic E-state index is 5.89. The monoisotopic (exact) mass is 330 g/mol. The molecule has 0 fully saturated rings. The maximum Gasteiger partial charge on any atom is 0.127 e. The highest BCUT2D eigenvalue weighted by atomic mass is 79.9. The lowest BCUT2D eigenvalue weighted by Gasteiger charge is -2.16. The van der Waals surface area contributed by atoms with Gasteiger partial charge in [0.25, 0.3) is 0 Å². The van der Waals surface area contributed by atoms with Crippen molar-refractivity contribution < 1.29 is 4.74 Å². The molecule has 0 bridgehead atoms. The smallest absolute Gasteiger partial charge is 0.127 e. The molecule has 0 saturated carbocycles. The van der Waals surface area contributed by atoms with Crippen LogP contribution in [0.1, 0.15) is 30.5 Å². The topological polar surface area (TPSA) is 9.23 Å². The van der Waals surface area contributed by atoms with E-state index in [-0.39, 0.29) is 6.10 Å². The van der Waals surface area contributed by atoms with Crippen molar-refractivity contribution in [3.63, 3.8) is 0 Å². The van der Waals surface area contributed by atoms with Gasteiger partial charge in [-0.2, -0.15) is 0 Å². The van der Waals surface area contributed by atoms with Gasteiger partial charge in [-0.1, -0.05) is 52.3 Å². The summed E-state index contributed by atoms with van der Waals surface area (Å²) < 4.78 is 6.92. The van der Waals surface area contributed by atoms with E-state index in [1.807, 2.05) is 26.0 Å². The van der Waals surface area contributed by atoms with Gasteiger partial charge in [0, 0.05) is 10.0 Å². The Kier molecular flexibility index (Phi) is 4.66. The molecule has 0 aliphatic heterocycles. The minimum absolute atomic E-state index is 0.139. The van der Waals surface area contributed by atoms with Crippen LogP contribution in [0.5, 0.6) is 5.75 Å². The van der Waals surface area contributed by atoms with E-state index < -0.39 is 0 Å². The van der Waals surface area contributed by atoms with Crippen LogP contribution in [0, 0.1) is 6.92 Å². The molecule has 20 heavy (non-hydrogen) atoms. The Morgan fingerprint density at radius 3 is 2.55 bits per heavy atom. The molecule has 0 atom stereocenters. The van der Waals surface area contributed by atoms with Crippen molar-refractivity contribution >= 4 is 21.5 Å². The summed E-state index contributed by atoms with van der Waals surface area (Å²) in [6.07, 6.45) is 0.139. The number of benzene rings is 2. The Bertz CT molecular complexity index is 629. The van der Waals surface area contributed by atoms with E-state index in [0.29, 0.717) is 0 Å². The molecule has 2 aromatic rings. The summed E-state index contributed by atoms with van der Waals surface area (Å²) in [5, 5.41) is 0. The third-order valence-electron chi connectivity index (χ3n) is 3.00. The van der Waals surface area contributed by atoms with Crippen LogP contribution in [-0.2, 0) is 0 Å². The quantitative estimate of drug-likeness (QED) is 0.708. The van der Waals surface area contributed by atoms with Crippen LogP contribution in [-0.4, -0.2) is 6.10 Å². The van der Waals surface area contributed by atoms with Crippen molar-refractivity contribution in [3.8, 4) is 5.75 Å². The second-order valence-corrected chi connectivity index (χ2v) is 6.07. The molecule has 2 aromatic carbocycles. The highest BCUT2D eigenvalue weighted by Crippen LogP contribution is 2.33. The lowest BCUT2D eigenvalue weighted by Crippen LogP contribution is -2.07. The summed E-state index contributed by atoms with van der Waals surface area (Å²) in [7, 11) is 0. The molecule has 2 rings (SSSR count). The highest BCUT2D eigenvalue weighted by Gasteiger charge is 2.11. The lowest BCUT2D eigenvalue weighted by molar-refractivity contribution is 0.242. The average Bonchev–Trinajstić information content (AvgIpc) is 2.39. The summed E-state index contributed by atoms with van der Waals surface area (Å²) in [5.74, 6) is 0.870. The molecule has 0 amide bonds. The predicted molar refractivity (Wildman–Crippen MR) is 89.2 cm³/mol. The first kappa shape index (κ1) is 14.9. The molecule has 0 heterocycles. The van der Waals surface area contributed by atoms with Gasteiger partial charge in [-0.25, -0.2) is 0 Å². The van der Waals surface area contributed by atoms with Gasteiger partial charge in [0.15, 0.2) is 0 Å².